The van der Waals surface area contributed by atoms with Gasteiger partial charge in [-0.25, -0.2) is 0 Å². The second kappa shape index (κ2) is 7.47. The summed E-state index contributed by atoms with van der Waals surface area (Å²) in [6, 6.07) is 7.25. The monoisotopic (exact) mass is 300 g/mol. The maximum absolute atomic E-state index is 11.9. The number of nitrogens with two attached hydrogens (primary N) is 1. The molecular formula is C14H21ClN2O3. The van der Waals surface area contributed by atoms with Gasteiger partial charge in [0.15, 0.2) is 0 Å². The molecule has 1 saturated heterocycles. The number of rotatable bonds is 3. The number of halogens is 1. The van der Waals surface area contributed by atoms with Crippen LogP contribution >= 0.6 is 12.4 Å². The molecule has 1 aliphatic heterocycles. The van der Waals surface area contributed by atoms with Gasteiger partial charge in [-0.3, -0.25) is 4.79 Å². The van der Waals surface area contributed by atoms with E-state index in [1.165, 1.54) is 0 Å². The number of benzene rings is 1. The highest BCUT2D eigenvalue weighted by Crippen LogP contribution is 2.25. The van der Waals surface area contributed by atoms with Crippen molar-refractivity contribution in [2.24, 2.45) is 5.73 Å². The lowest BCUT2D eigenvalue weighted by Gasteiger charge is -2.34. The molecule has 1 aromatic carbocycles. The third kappa shape index (κ3) is 3.85. The Morgan fingerprint density at radius 2 is 2.30 bits per heavy atom. The number of methoxy groups -OCH3 is 1. The predicted octanol–water partition coefficient (Wildman–Crippen LogP) is 1.36. The lowest BCUT2D eigenvalue weighted by Crippen LogP contribution is -2.48. The zero-order valence-electron chi connectivity index (χ0n) is 11.7. The maximum Gasteiger partial charge on any atom is 0.239 e. The summed E-state index contributed by atoms with van der Waals surface area (Å²) in [7, 11) is 1.63. The summed E-state index contributed by atoms with van der Waals surface area (Å²) in [5, 5.41) is 0. The van der Waals surface area contributed by atoms with Crippen LogP contribution in [0, 0.1) is 0 Å². The quantitative estimate of drug-likeness (QED) is 0.915. The van der Waals surface area contributed by atoms with E-state index in [0.717, 1.165) is 11.3 Å². The van der Waals surface area contributed by atoms with Crippen LogP contribution in [0.5, 0.6) is 5.75 Å². The molecule has 5 nitrogen and oxygen atoms in total. The van der Waals surface area contributed by atoms with Crippen LogP contribution in [0.25, 0.3) is 0 Å². The van der Waals surface area contributed by atoms with Crippen LogP contribution in [0.1, 0.15) is 18.6 Å². The molecule has 6 heteroatoms. The maximum atomic E-state index is 11.9. The van der Waals surface area contributed by atoms with Gasteiger partial charge in [0, 0.05) is 6.54 Å². The minimum Gasteiger partial charge on any atom is -0.497 e. The highest BCUT2D eigenvalue weighted by Gasteiger charge is 2.26. The Labute approximate surface area is 125 Å². The fraction of sp³-hybridized carbons (Fsp3) is 0.500. The zero-order chi connectivity index (χ0) is 13.8. The second-order valence-electron chi connectivity index (χ2n) is 4.71. The summed E-state index contributed by atoms with van der Waals surface area (Å²) < 4.78 is 10.9. The van der Waals surface area contributed by atoms with Gasteiger partial charge in [0.25, 0.3) is 0 Å². The van der Waals surface area contributed by atoms with E-state index in [2.05, 4.69) is 0 Å². The molecular weight excluding hydrogens is 280 g/mol. The summed E-state index contributed by atoms with van der Waals surface area (Å²) in [5.41, 5.74) is 6.66. The second-order valence-corrected chi connectivity index (χ2v) is 4.71. The molecule has 1 aliphatic rings. The van der Waals surface area contributed by atoms with Crippen molar-refractivity contribution in [2.75, 3.05) is 26.8 Å². The number of ether oxygens (including phenoxy) is 2. The Balaban J connectivity index is 0.00000200. The fourth-order valence-electron chi connectivity index (χ4n) is 2.18. The van der Waals surface area contributed by atoms with Crippen molar-refractivity contribution < 1.29 is 14.3 Å². The van der Waals surface area contributed by atoms with Crippen LogP contribution in [0.15, 0.2) is 24.3 Å². The van der Waals surface area contributed by atoms with Crippen LogP contribution in [0.3, 0.4) is 0 Å². The van der Waals surface area contributed by atoms with E-state index >= 15 is 0 Å². The average molecular weight is 301 g/mol. The van der Waals surface area contributed by atoms with Crippen molar-refractivity contribution >= 4 is 18.3 Å². The minimum absolute atomic E-state index is 0. The van der Waals surface area contributed by atoms with Crippen LogP contribution in [-0.2, 0) is 9.53 Å². The van der Waals surface area contributed by atoms with Crippen molar-refractivity contribution in [3.05, 3.63) is 29.8 Å². The summed E-state index contributed by atoms with van der Waals surface area (Å²) in [4.78, 5) is 13.7. The fourth-order valence-corrected chi connectivity index (χ4v) is 2.18. The molecule has 1 unspecified atom stereocenters. The van der Waals surface area contributed by atoms with Crippen LogP contribution < -0.4 is 10.5 Å². The van der Waals surface area contributed by atoms with Gasteiger partial charge in [-0.05, 0) is 24.6 Å². The topological polar surface area (TPSA) is 64.8 Å². The molecule has 0 spiro atoms. The minimum atomic E-state index is -0.468. The number of nitrogens with zero attached hydrogens (tertiary/aromatic N) is 1. The molecule has 20 heavy (non-hydrogen) atoms. The van der Waals surface area contributed by atoms with Crippen LogP contribution in [0.4, 0.5) is 0 Å². The molecule has 1 aromatic rings. The van der Waals surface area contributed by atoms with E-state index in [1.54, 1.807) is 18.9 Å². The van der Waals surface area contributed by atoms with Crippen molar-refractivity contribution in [3.8, 4) is 5.75 Å². The first-order chi connectivity index (χ1) is 9.11. The molecule has 1 amide bonds. The largest absolute Gasteiger partial charge is 0.497 e. The summed E-state index contributed by atoms with van der Waals surface area (Å²) in [6.07, 6.45) is -0.119. The molecule has 0 radical (unpaired) electrons. The van der Waals surface area contributed by atoms with Crippen molar-refractivity contribution in [3.63, 3.8) is 0 Å². The van der Waals surface area contributed by atoms with Gasteiger partial charge >= 0.3 is 0 Å². The Morgan fingerprint density at radius 3 is 2.95 bits per heavy atom. The molecule has 2 N–H and O–H groups in total. The van der Waals surface area contributed by atoms with E-state index < -0.39 is 6.04 Å². The predicted molar refractivity (Wildman–Crippen MR) is 79.2 cm³/mol. The molecule has 0 aliphatic carbocycles. The molecule has 0 bridgehead atoms. The van der Waals surface area contributed by atoms with Gasteiger partial charge in [-0.2, -0.15) is 0 Å². The number of morpholine rings is 1. The van der Waals surface area contributed by atoms with Gasteiger partial charge in [-0.1, -0.05) is 12.1 Å². The SMILES string of the molecule is COc1cccc(C2CN(C(=O)[C@@H](C)N)CCO2)c1.Cl. The third-order valence-electron chi connectivity index (χ3n) is 3.23. The van der Waals surface area contributed by atoms with Gasteiger partial charge in [-0.15, -0.1) is 12.4 Å². The molecule has 0 aromatic heterocycles. The Bertz CT molecular complexity index is 454. The smallest absolute Gasteiger partial charge is 0.239 e. The Kier molecular flexibility index (Phi) is 6.26. The first-order valence-electron chi connectivity index (χ1n) is 6.41. The number of carbonyl (C=O) groups is 1. The average Bonchev–Trinajstić information content (AvgIpc) is 2.46. The normalized spacial score (nSPS) is 19.9. The standard InChI is InChI=1S/C14H20N2O3.ClH/c1-10(15)14(17)16-6-7-19-13(9-16)11-4-3-5-12(8-11)18-2;/h3-5,8,10,13H,6-7,9,15H2,1-2H3;1H/t10-,13?;/m1./s1. The lowest BCUT2D eigenvalue weighted by molar-refractivity contribution is -0.140. The molecule has 2 atom stereocenters. The van der Waals surface area contributed by atoms with E-state index in [4.69, 9.17) is 15.2 Å². The lowest BCUT2D eigenvalue weighted by atomic mass is 10.1. The molecule has 1 heterocycles. The molecule has 112 valence electrons. The highest BCUT2D eigenvalue weighted by molar-refractivity contribution is 5.85. The van der Waals surface area contributed by atoms with Gasteiger partial charge < -0.3 is 20.1 Å². The molecule has 0 saturated carbocycles. The van der Waals surface area contributed by atoms with Gasteiger partial charge in [0.05, 0.1) is 26.3 Å². The number of hydrogen-bond acceptors (Lipinski definition) is 4. The van der Waals surface area contributed by atoms with E-state index in [1.807, 2.05) is 24.3 Å². The molecule has 1 fully saturated rings. The van der Waals surface area contributed by atoms with Crippen LogP contribution in [0.2, 0.25) is 0 Å². The van der Waals surface area contributed by atoms with Gasteiger partial charge in [0.1, 0.15) is 11.9 Å². The van der Waals surface area contributed by atoms with Crippen molar-refractivity contribution in [2.45, 2.75) is 19.1 Å². The molecule has 2 rings (SSSR count). The highest BCUT2D eigenvalue weighted by atomic mass is 35.5. The van der Waals surface area contributed by atoms with E-state index in [9.17, 15) is 4.79 Å². The Morgan fingerprint density at radius 1 is 1.55 bits per heavy atom. The Hall–Kier alpha value is -1.30. The summed E-state index contributed by atoms with van der Waals surface area (Å²) in [5.74, 6) is 0.757. The summed E-state index contributed by atoms with van der Waals surface area (Å²) >= 11 is 0. The van der Waals surface area contributed by atoms with E-state index in [-0.39, 0.29) is 24.4 Å². The number of carbonyl (C=O) groups excluding carboxylic acids is 1. The van der Waals surface area contributed by atoms with E-state index in [0.29, 0.717) is 19.7 Å². The van der Waals surface area contributed by atoms with Crippen molar-refractivity contribution in [1.82, 2.24) is 4.90 Å². The van der Waals surface area contributed by atoms with Gasteiger partial charge in [0.2, 0.25) is 5.91 Å². The third-order valence-corrected chi connectivity index (χ3v) is 3.23. The first-order valence-corrected chi connectivity index (χ1v) is 6.41. The number of hydrogen-bond donors (Lipinski definition) is 1. The first kappa shape index (κ1) is 16.8. The summed E-state index contributed by atoms with van der Waals surface area (Å²) in [6.45, 7) is 3.37. The number of amides is 1. The van der Waals surface area contributed by atoms with Crippen molar-refractivity contribution in [1.29, 1.82) is 0 Å². The van der Waals surface area contributed by atoms with Crippen LogP contribution in [-0.4, -0.2) is 43.7 Å². The zero-order valence-corrected chi connectivity index (χ0v) is 12.6.